The summed E-state index contributed by atoms with van der Waals surface area (Å²) in [7, 11) is 0. The zero-order chi connectivity index (χ0) is 15.3. The van der Waals surface area contributed by atoms with E-state index < -0.39 is 0 Å². The summed E-state index contributed by atoms with van der Waals surface area (Å²) in [6, 6.07) is 9.38. The highest BCUT2D eigenvalue weighted by atomic mass is 14.7. The fourth-order valence-corrected chi connectivity index (χ4v) is 4.16. The summed E-state index contributed by atoms with van der Waals surface area (Å²) < 4.78 is 0. The standard InChI is InChI=1S/C20H33N/c1-4-5-8-17-9-11-18(12-10-17)19(21)20(15-16(2)3)13-6-7-14-20/h9-12,16,19H,4-8,13-15,21H2,1-3H3. The van der Waals surface area contributed by atoms with E-state index in [-0.39, 0.29) is 6.04 Å². The van der Waals surface area contributed by atoms with Crippen LogP contribution in [-0.4, -0.2) is 0 Å². The highest BCUT2D eigenvalue weighted by molar-refractivity contribution is 5.27. The first-order valence-corrected chi connectivity index (χ1v) is 8.92. The molecule has 2 rings (SSSR count). The van der Waals surface area contributed by atoms with Gasteiger partial charge in [0.25, 0.3) is 0 Å². The van der Waals surface area contributed by atoms with Crippen molar-refractivity contribution in [1.29, 1.82) is 0 Å². The fraction of sp³-hybridized carbons (Fsp3) is 0.700. The van der Waals surface area contributed by atoms with Crippen molar-refractivity contribution in [3.8, 4) is 0 Å². The Morgan fingerprint density at radius 1 is 1.10 bits per heavy atom. The Labute approximate surface area is 131 Å². The quantitative estimate of drug-likeness (QED) is 0.690. The first-order valence-electron chi connectivity index (χ1n) is 8.92. The maximum Gasteiger partial charge on any atom is 0.0352 e. The Bertz CT molecular complexity index is 412. The molecule has 1 heteroatoms. The molecule has 0 aliphatic heterocycles. The van der Waals surface area contributed by atoms with Crippen LogP contribution in [0.4, 0.5) is 0 Å². The van der Waals surface area contributed by atoms with Crippen LogP contribution >= 0.6 is 0 Å². The summed E-state index contributed by atoms with van der Waals surface area (Å²) >= 11 is 0. The van der Waals surface area contributed by atoms with Gasteiger partial charge in [0.1, 0.15) is 0 Å². The van der Waals surface area contributed by atoms with Crippen molar-refractivity contribution in [2.75, 3.05) is 0 Å². The Hall–Kier alpha value is -0.820. The van der Waals surface area contributed by atoms with Crippen LogP contribution in [-0.2, 0) is 6.42 Å². The van der Waals surface area contributed by atoms with Gasteiger partial charge in [-0.15, -0.1) is 0 Å². The minimum absolute atomic E-state index is 0.211. The fourth-order valence-electron chi connectivity index (χ4n) is 4.16. The molecular weight excluding hydrogens is 254 g/mol. The van der Waals surface area contributed by atoms with Gasteiger partial charge in [-0.05, 0) is 54.6 Å². The number of nitrogens with two attached hydrogens (primary N) is 1. The van der Waals surface area contributed by atoms with E-state index in [0.717, 1.165) is 5.92 Å². The molecule has 0 amide bonds. The molecule has 1 saturated carbocycles. The Morgan fingerprint density at radius 2 is 1.71 bits per heavy atom. The summed E-state index contributed by atoms with van der Waals surface area (Å²) in [6.45, 7) is 6.92. The van der Waals surface area contributed by atoms with E-state index in [0.29, 0.717) is 5.41 Å². The number of benzene rings is 1. The minimum atomic E-state index is 0.211. The van der Waals surface area contributed by atoms with Crippen molar-refractivity contribution >= 4 is 0 Å². The Morgan fingerprint density at radius 3 is 2.24 bits per heavy atom. The molecule has 0 heterocycles. The smallest absolute Gasteiger partial charge is 0.0352 e. The maximum atomic E-state index is 6.73. The summed E-state index contributed by atoms with van der Waals surface area (Å²) in [4.78, 5) is 0. The lowest BCUT2D eigenvalue weighted by atomic mass is 9.70. The van der Waals surface area contributed by atoms with Crippen LogP contribution in [0.2, 0.25) is 0 Å². The van der Waals surface area contributed by atoms with Crippen LogP contribution in [0.15, 0.2) is 24.3 Å². The molecule has 1 unspecified atom stereocenters. The molecule has 0 aromatic heterocycles. The first-order chi connectivity index (χ1) is 10.1. The van der Waals surface area contributed by atoms with Crippen LogP contribution in [0.25, 0.3) is 0 Å². The maximum absolute atomic E-state index is 6.73. The molecule has 0 radical (unpaired) electrons. The summed E-state index contributed by atoms with van der Waals surface area (Å²) in [5.74, 6) is 0.734. The molecule has 1 fully saturated rings. The van der Waals surface area contributed by atoms with E-state index in [4.69, 9.17) is 5.73 Å². The zero-order valence-electron chi connectivity index (χ0n) is 14.2. The van der Waals surface area contributed by atoms with Gasteiger partial charge in [0, 0.05) is 6.04 Å². The van der Waals surface area contributed by atoms with E-state index in [1.807, 2.05) is 0 Å². The molecular formula is C20H33N. The third-order valence-corrected chi connectivity index (χ3v) is 5.23. The monoisotopic (exact) mass is 287 g/mol. The molecule has 1 aliphatic carbocycles. The van der Waals surface area contributed by atoms with Gasteiger partial charge in [-0.2, -0.15) is 0 Å². The molecule has 21 heavy (non-hydrogen) atoms. The van der Waals surface area contributed by atoms with Crippen molar-refractivity contribution < 1.29 is 0 Å². The molecule has 1 aliphatic rings. The van der Waals surface area contributed by atoms with Crippen molar-refractivity contribution in [1.82, 2.24) is 0 Å². The highest BCUT2D eigenvalue weighted by Crippen LogP contribution is 2.50. The average molecular weight is 287 g/mol. The molecule has 0 bridgehead atoms. The number of hydrogen-bond acceptors (Lipinski definition) is 1. The molecule has 118 valence electrons. The van der Waals surface area contributed by atoms with Gasteiger partial charge in [0.15, 0.2) is 0 Å². The second kappa shape index (κ2) is 7.45. The number of aryl methyl sites for hydroxylation is 1. The lowest BCUT2D eigenvalue weighted by Gasteiger charge is -2.37. The molecule has 1 atom stereocenters. The molecule has 1 aromatic carbocycles. The van der Waals surface area contributed by atoms with Crippen LogP contribution in [0, 0.1) is 11.3 Å². The van der Waals surface area contributed by atoms with Crippen molar-refractivity contribution in [2.45, 2.75) is 78.2 Å². The third-order valence-electron chi connectivity index (χ3n) is 5.23. The van der Waals surface area contributed by atoms with Gasteiger partial charge in [-0.1, -0.05) is 64.3 Å². The van der Waals surface area contributed by atoms with Crippen molar-refractivity contribution in [2.24, 2.45) is 17.1 Å². The summed E-state index contributed by atoms with van der Waals surface area (Å²) in [5.41, 5.74) is 9.88. The van der Waals surface area contributed by atoms with E-state index >= 15 is 0 Å². The van der Waals surface area contributed by atoms with Crippen molar-refractivity contribution in [3.05, 3.63) is 35.4 Å². The summed E-state index contributed by atoms with van der Waals surface area (Å²) in [5, 5.41) is 0. The van der Waals surface area contributed by atoms with E-state index in [9.17, 15) is 0 Å². The van der Waals surface area contributed by atoms with Gasteiger partial charge in [-0.25, -0.2) is 0 Å². The molecule has 1 aromatic rings. The number of rotatable bonds is 7. The lowest BCUT2D eigenvalue weighted by Crippen LogP contribution is -2.33. The van der Waals surface area contributed by atoms with Gasteiger partial charge < -0.3 is 5.73 Å². The molecule has 1 nitrogen and oxygen atoms in total. The lowest BCUT2D eigenvalue weighted by molar-refractivity contribution is 0.183. The Balaban J connectivity index is 2.11. The van der Waals surface area contributed by atoms with E-state index in [1.165, 1.54) is 62.5 Å². The second-order valence-corrected chi connectivity index (χ2v) is 7.49. The van der Waals surface area contributed by atoms with E-state index in [1.54, 1.807) is 0 Å². The normalized spacial score (nSPS) is 19.1. The van der Waals surface area contributed by atoms with Crippen LogP contribution in [0.5, 0.6) is 0 Å². The second-order valence-electron chi connectivity index (χ2n) is 7.49. The van der Waals surface area contributed by atoms with E-state index in [2.05, 4.69) is 45.0 Å². The van der Waals surface area contributed by atoms with Gasteiger partial charge in [-0.3, -0.25) is 0 Å². The van der Waals surface area contributed by atoms with Crippen LogP contribution < -0.4 is 5.73 Å². The topological polar surface area (TPSA) is 26.0 Å². The highest BCUT2D eigenvalue weighted by Gasteiger charge is 2.40. The summed E-state index contributed by atoms with van der Waals surface area (Å²) in [6.07, 6.45) is 10.3. The first kappa shape index (κ1) is 16.5. The van der Waals surface area contributed by atoms with Crippen LogP contribution in [0.1, 0.15) is 82.9 Å². The van der Waals surface area contributed by atoms with Gasteiger partial charge in [0.2, 0.25) is 0 Å². The minimum Gasteiger partial charge on any atom is -0.323 e. The van der Waals surface area contributed by atoms with Gasteiger partial charge in [0.05, 0.1) is 0 Å². The SMILES string of the molecule is CCCCc1ccc(C(N)C2(CC(C)C)CCCC2)cc1. The van der Waals surface area contributed by atoms with Gasteiger partial charge >= 0.3 is 0 Å². The largest absolute Gasteiger partial charge is 0.323 e. The third kappa shape index (κ3) is 4.10. The molecule has 0 saturated heterocycles. The predicted molar refractivity (Wildman–Crippen MR) is 92.3 cm³/mol. The molecule has 2 N–H and O–H groups in total. The zero-order valence-corrected chi connectivity index (χ0v) is 14.2. The number of unbranched alkanes of at least 4 members (excludes halogenated alkanes) is 1. The predicted octanol–water partition coefficient (Wildman–Crippen LogP) is 5.64. The Kier molecular flexibility index (Phi) is 5.87. The van der Waals surface area contributed by atoms with Crippen LogP contribution in [0.3, 0.4) is 0 Å². The average Bonchev–Trinajstić information content (AvgIpc) is 2.93. The molecule has 0 spiro atoms. The van der Waals surface area contributed by atoms with Crippen molar-refractivity contribution in [3.63, 3.8) is 0 Å². The number of hydrogen-bond donors (Lipinski definition) is 1.